The van der Waals surface area contributed by atoms with Gasteiger partial charge in [-0.15, -0.1) is 0 Å². The number of rotatable bonds is 3. The van der Waals surface area contributed by atoms with Crippen LogP contribution in [0, 0.1) is 0 Å². The number of oxime groups is 1. The summed E-state index contributed by atoms with van der Waals surface area (Å²) in [4.78, 5) is 4.00. The van der Waals surface area contributed by atoms with E-state index in [1.54, 1.807) is 12.5 Å². The van der Waals surface area contributed by atoms with Crippen molar-refractivity contribution in [1.82, 2.24) is 9.55 Å². The van der Waals surface area contributed by atoms with Crippen molar-refractivity contribution in [3.05, 3.63) is 53.1 Å². The Labute approximate surface area is 104 Å². The fourth-order valence-corrected chi connectivity index (χ4v) is 1.73. The smallest absolute Gasteiger partial charge is 0.109 e. The Hall–Kier alpha value is -1.81. The quantitative estimate of drug-likeness (QED) is 0.516. The zero-order valence-electron chi connectivity index (χ0n) is 9.34. The van der Waals surface area contributed by atoms with E-state index in [-0.39, 0.29) is 0 Å². The van der Waals surface area contributed by atoms with Crippen molar-refractivity contribution < 1.29 is 5.21 Å². The number of halogens is 1. The number of aryl methyl sites for hydroxylation is 1. The van der Waals surface area contributed by atoms with Crippen molar-refractivity contribution in [2.75, 3.05) is 0 Å². The van der Waals surface area contributed by atoms with E-state index in [9.17, 15) is 0 Å². The molecular formula is C12H12ClN3O. The highest BCUT2D eigenvalue weighted by molar-refractivity contribution is 6.30. The summed E-state index contributed by atoms with van der Waals surface area (Å²) >= 11 is 5.81. The van der Waals surface area contributed by atoms with Gasteiger partial charge in [0, 0.05) is 18.5 Å². The number of aromatic nitrogens is 2. The van der Waals surface area contributed by atoms with Gasteiger partial charge in [-0.2, -0.15) is 0 Å². The molecule has 0 atom stereocenters. The second kappa shape index (κ2) is 5.01. The van der Waals surface area contributed by atoms with Gasteiger partial charge in [0.15, 0.2) is 0 Å². The van der Waals surface area contributed by atoms with Crippen molar-refractivity contribution in [1.29, 1.82) is 0 Å². The third kappa shape index (κ3) is 2.65. The fraction of sp³-hybridized carbons (Fsp3) is 0.167. The lowest BCUT2D eigenvalue weighted by molar-refractivity contribution is 0.318. The Balaban J connectivity index is 2.22. The Kier molecular flexibility index (Phi) is 3.44. The van der Waals surface area contributed by atoms with Crippen LogP contribution in [0.25, 0.3) is 0 Å². The van der Waals surface area contributed by atoms with Crippen LogP contribution < -0.4 is 0 Å². The highest BCUT2D eigenvalue weighted by Gasteiger charge is 2.09. The van der Waals surface area contributed by atoms with Crippen LogP contribution in [0.3, 0.4) is 0 Å². The standard InChI is InChI=1S/C12H12ClN3O/c1-16-8-14-7-12(16)11(15-17)6-9-2-4-10(13)5-3-9/h2-5,7-8,17H,6H2,1H3. The molecule has 0 unspecified atom stereocenters. The third-order valence-electron chi connectivity index (χ3n) is 2.52. The molecule has 1 heterocycles. The summed E-state index contributed by atoms with van der Waals surface area (Å²) in [6.45, 7) is 0. The summed E-state index contributed by atoms with van der Waals surface area (Å²) in [5, 5.41) is 13.1. The highest BCUT2D eigenvalue weighted by atomic mass is 35.5. The molecule has 0 aliphatic heterocycles. The average Bonchev–Trinajstić information content (AvgIpc) is 2.75. The first kappa shape index (κ1) is 11.7. The lowest BCUT2D eigenvalue weighted by atomic mass is 10.1. The Morgan fingerprint density at radius 1 is 1.41 bits per heavy atom. The van der Waals surface area contributed by atoms with Crippen LogP contribution in [0.2, 0.25) is 5.02 Å². The molecule has 0 aliphatic carbocycles. The van der Waals surface area contributed by atoms with Gasteiger partial charge in [-0.05, 0) is 17.7 Å². The number of imidazole rings is 1. The van der Waals surface area contributed by atoms with E-state index in [1.807, 2.05) is 35.9 Å². The highest BCUT2D eigenvalue weighted by Crippen LogP contribution is 2.12. The molecule has 1 aromatic carbocycles. The lowest BCUT2D eigenvalue weighted by Crippen LogP contribution is -2.10. The van der Waals surface area contributed by atoms with Gasteiger partial charge in [-0.3, -0.25) is 0 Å². The minimum absolute atomic E-state index is 0.535. The summed E-state index contributed by atoms with van der Waals surface area (Å²) in [6.07, 6.45) is 3.88. The Bertz CT molecular complexity index is 531. The molecule has 1 N–H and O–H groups in total. The molecule has 0 bridgehead atoms. The number of nitrogens with zero attached hydrogens (tertiary/aromatic N) is 3. The molecule has 0 radical (unpaired) electrons. The maximum atomic E-state index is 9.06. The predicted octanol–water partition coefficient (Wildman–Crippen LogP) is 2.49. The molecule has 88 valence electrons. The monoisotopic (exact) mass is 249 g/mol. The summed E-state index contributed by atoms with van der Waals surface area (Å²) < 4.78 is 1.81. The Morgan fingerprint density at radius 2 is 2.12 bits per heavy atom. The largest absolute Gasteiger partial charge is 0.411 e. The number of benzene rings is 1. The molecule has 5 heteroatoms. The normalized spacial score (nSPS) is 11.8. The van der Waals surface area contributed by atoms with Gasteiger partial charge in [0.2, 0.25) is 0 Å². The van der Waals surface area contributed by atoms with Gasteiger partial charge in [0.25, 0.3) is 0 Å². The van der Waals surface area contributed by atoms with Crippen LogP contribution in [-0.2, 0) is 13.5 Å². The molecule has 1 aromatic heterocycles. The van der Waals surface area contributed by atoms with Crippen molar-refractivity contribution in [2.24, 2.45) is 12.2 Å². The molecular weight excluding hydrogens is 238 g/mol. The molecule has 0 aliphatic rings. The fourth-order valence-electron chi connectivity index (χ4n) is 1.61. The first-order valence-electron chi connectivity index (χ1n) is 5.13. The summed E-state index contributed by atoms with van der Waals surface area (Å²) in [5.41, 5.74) is 2.40. The topological polar surface area (TPSA) is 50.4 Å². The van der Waals surface area contributed by atoms with Gasteiger partial charge in [0.05, 0.1) is 18.2 Å². The lowest BCUT2D eigenvalue weighted by Gasteiger charge is -2.05. The summed E-state index contributed by atoms with van der Waals surface area (Å²) in [6, 6.07) is 7.44. The van der Waals surface area contributed by atoms with Crippen molar-refractivity contribution in [3.63, 3.8) is 0 Å². The van der Waals surface area contributed by atoms with Crippen LogP contribution in [0.15, 0.2) is 41.9 Å². The van der Waals surface area contributed by atoms with Gasteiger partial charge < -0.3 is 9.77 Å². The predicted molar refractivity (Wildman–Crippen MR) is 66.7 cm³/mol. The maximum absolute atomic E-state index is 9.06. The molecule has 0 fully saturated rings. The average molecular weight is 250 g/mol. The van der Waals surface area contributed by atoms with E-state index < -0.39 is 0 Å². The second-order valence-electron chi connectivity index (χ2n) is 3.74. The van der Waals surface area contributed by atoms with Crippen molar-refractivity contribution in [3.8, 4) is 0 Å². The molecule has 2 rings (SSSR count). The van der Waals surface area contributed by atoms with Crippen LogP contribution >= 0.6 is 11.6 Å². The second-order valence-corrected chi connectivity index (χ2v) is 4.18. The molecule has 2 aromatic rings. The van der Waals surface area contributed by atoms with E-state index in [1.165, 1.54) is 0 Å². The van der Waals surface area contributed by atoms with Gasteiger partial charge in [-0.25, -0.2) is 4.98 Å². The van der Waals surface area contributed by atoms with Crippen LogP contribution in [-0.4, -0.2) is 20.5 Å². The van der Waals surface area contributed by atoms with E-state index in [0.29, 0.717) is 17.2 Å². The minimum Gasteiger partial charge on any atom is -0.411 e. The van der Waals surface area contributed by atoms with E-state index in [4.69, 9.17) is 16.8 Å². The molecule has 4 nitrogen and oxygen atoms in total. The SMILES string of the molecule is Cn1cncc1C(Cc1ccc(Cl)cc1)=NO. The van der Waals surface area contributed by atoms with Crippen molar-refractivity contribution in [2.45, 2.75) is 6.42 Å². The molecule has 0 spiro atoms. The zero-order valence-corrected chi connectivity index (χ0v) is 10.1. The maximum Gasteiger partial charge on any atom is 0.109 e. The van der Waals surface area contributed by atoms with Gasteiger partial charge in [-0.1, -0.05) is 28.9 Å². The third-order valence-corrected chi connectivity index (χ3v) is 2.77. The van der Waals surface area contributed by atoms with Crippen LogP contribution in [0.4, 0.5) is 0 Å². The van der Waals surface area contributed by atoms with E-state index >= 15 is 0 Å². The van der Waals surface area contributed by atoms with Gasteiger partial charge in [0.1, 0.15) is 5.71 Å². The Morgan fingerprint density at radius 3 is 2.65 bits per heavy atom. The van der Waals surface area contributed by atoms with E-state index in [2.05, 4.69) is 10.1 Å². The first-order valence-corrected chi connectivity index (χ1v) is 5.50. The van der Waals surface area contributed by atoms with Crippen LogP contribution in [0.5, 0.6) is 0 Å². The van der Waals surface area contributed by atoms with E-state index in [0.717, 1.165) is 11.3 Å². The van der Waals surface area contributed by atoms with Gasteiger partial charge >= 0.3 is 0 Å². The van der Waals surface area contributed by atoms with Crippen LogP contribution in [0.1, 0.15) is 11.3 Å². The minimum atomic E-state index is 0.535. The molecule has 0 saturated heterocycles. The first-order chi connectivity index (χ1) is 8.20. The molecule has 0 saturated carbocycles. The summed E-state index contributed by atoms with van der Waals surface area (Å²) in [7, 11) is 1.86. The number of hydrogen-bond acceptors (Lipinski definition) is 3. The summed E-state index contributed by atoms with van der Waals surface area (Å²) in [5.74, 6) is 0. The van der Waals surface area contributed by atoms with Crippen molar-refractivity contribution >= 4 is 17.3 Å². The zero-order chi connectivity index (χ0) is 12.3. The molecule has 0 amide bonds. The molecule has 17 heavy (non-hydrogen) atoms. The number of hydrogen-bond donors (Lipinski definition) is 1.